The summed E-state index contributed by atoms with van der Waals surface area (Å²) in [6.45, 7) is 1.74. The minimum atomic E-state index is -0.211. The number of rotatable bonds is 5. The fraction of sp³-hybridized carbons (Fsp3) is 0.381. The molecule has 1 aromatic carbocycles. The van der Waals surface area contributed by atoms with Crippen molar-refractivity contribution < 1.29 is 9.53 Å². The summed E-state index contributed by atoms with van der Waals surface area (Å²) in [6.07, 6.45) is 7.09. The molecule has 2 aromatic heterocycles. The molecule has 8 heteroatoms. The molecule has 152 valence electrons. The number of carbonyl (C=O) groups excluding carboxylic acids is 1. The van der Waals surface area contributed by atoms with Crippen LogP contribution in [0.2, 0.25) is 0 Å². The van der Waals surface area contributed by atoms with Crippen molar-refractivity contribution >= 4 is 5.91 Å². The van der Waals surface area contributed by atoms with Gasteiger partial charge < -0.3 is 19.5 Å². The van der Waals surface area contributed by atoms with Gasteiger partial charge in [0.15, 0.2) is 0 Å². The van der Waals surface area contributed by atoms with Gasteiger partial charge in [-0.2, -0.15) is 5.10 Å². The number of hydrogen-bond acceptors (Lipinski definition) is 5. The Bertz CT molecular complexity index is 965. The molecule has 0 saturated carbocycles. The van der Waals surface area contributed by atoms with E-state index >= 15 is 0 Å². The van der Waals surface area contributed by atoms with Gasteiger partial charge in [0, 0.05) is 49.9 Å². The smallest absolute Gasteiger partial charge is 0.255 e. The molecule has 1 saturated heterocycles. The van der Waals surface area contributed by atoms with E-state index in [4.69, 9.17) is 4.74 Å². The van der Waals surface area contributed by atoms with Gasteiger partial charge in [-0.15, -0.1) is 0 Å². The molecule has 0 bridgehead atoms. The average Bonchev–Trinajstić information content (AvgIpc) is 3.39. The van der Waals surface area contributed by atoms with Gasteiger partial charge in [-0.05, 0) is 20.2 Å². The maximum Gasteiger partial charge on any atom is 0.255 e. The minimum absolute atomic E-state index is 0.0297. The number of aromatic nitrogens is 4. The molecule has 3 aromatic rings. The standard InChI is InChI=1S/C21H26N6O2/c1-25(2)14-18-19(15-12-24-26(3)13-15)27(10-11-29-18)21(28)17-7-5-4-6-16(17)20-22-8-9-23-20/h4-9,12-13,18-19H,10-11,14H2,1-3H3,(H,22,23)/t18-,19-/m0/s1. The number of H-pyrrole nitrogens is 1. The van der Waals surface area contributed by atoms with Crippen LogP contribution in [0.4, 0.5) is 0 Å². The molecule has 0 aliphatic carbocycles. The molecule has 0 unspecified atom stereocenters. The summed E-state index contributed by atoms with van der Waals surface area (Å²) < 4.78 is 7.85. The highest BCUT2D eigenvalue weighted by molar-refractivity contribution is 6.00. The highest BCUT2D eigenvalue weighted by Crippen LogP contribution is 2.32. The average molecular weight is 394 g/mol. The molecular weight excluding hydrogens is 368 g/mol. The summed E-state index contributed by atoms with van der Waals surface area (Å²) in [5, 5.41) is 4.32. The quantitative estimate of drug-likeness (QED) is 0.716. The van der Waals surface area contributed by atoms with Crippen molar-refractivity contribution in [2.24, 2.45) is 7.05 Å². The number of nitrogens with one attached hydrogen (secondary N) is 1. The first-order chi connectivity index (χ1) is 14.0. The Kier molecular flexibility index (Phi) is 5.46. The van der Waals surface area contributed by atoms with Gasteiger partial charge in [-0.25, -0.2) is 4.98 Å². The largest absolute Gasteiger partial charge is 0.373 e. The van der Waals surface area contributed by atoms with Crippen LogP contribution in [0.25, 0.3) is 11.4 Å². The lowest BCUT2D eigenvalue weighted by molar-refractivity contribution is -0.0684. The van der Waals surface area contributed by atoms with Crippen molar-refractivity contribution in [3.05, 3.63) is 60.2 Å². The fourth-order valence-electron chi connectivity index (χ4n) is 3.90. The van der Waals surface area contributed by atoms with E-state index in [1.165, 1.54) is 0 Å². The van der Waals surface area contributed by atoms with Crippen LogP contribution in [0, 0.1) is 0 Å². The van der Waals surface area contributed by atoms with Crippen LogP contribution in [0.5, 0.6) is 0 Å². The Labute approximate surface area is 170 Å². The lowest BCUT2D eigenvalue weighted by atomic mass is 9.98. The number of morpholine rings is 1. The summed E-state index contributed by atoms with van der Waals surface area (Å²) in [7, 11) is 5.90. The number of likely N-dealkylation sites (N-methyl/N-ethyl adjacent to an activating group) is 1. The van der Waals surface area contributed by atoms with Crippen molar-refractivity contribution in [1.82, 2.24) is 29.5 Å². The molecule has 8 nitrogen and oxygen atoms in total. The Balaban J connectivity index is 1.73. The molecule has 0 radical (unpaired) electrons. The molecular formula is C21H26N6O2. The molecule has 1 amide bonds. The Hall–Kier alpha value is -2.97. The molecule has 1 aliphatic rings. The predicted octanol–water partition coefficient (Wildman–Crippen LogP) is 1.95. The maximum absolute atomic E-state index is 13.7. The molecule has 1 fully saturated rings. The maximum atomic E-state index is 13.7. The van der Waals surface area contributed by atoms with E-state index in [0.29, 0.717) is 31.1 Å². The number of amides is 1. The van der Waals surface area contributed by atoms with E-state index in [1.807, 2.05) is 62.7 Å². The van der Waals surface area contributed by atoms with Crippen molar-refractivity contribution in [2.45, 2.75) is 12.1 Å². The van der Waals surface area contributed by atoms with E-state index < -0.39 is 0 Å². The van der Waals surface area contributed by atoms with E-state index in [1.54, 1.807) is 17.1 Å². The first-order valence-corrected chi connectivity index (χ1v) is 9.69. The first-order valence-electron chi connectivity index (χ1n) is 9.69. The third kappa shape index (κ3) is 3.94. The predicted molar refractivity (Wildman–Crippen MR) is 109 cm³/mol. The summed E-state index contributed by atoms with van der Waals surface area (Å²) in [4.78, 5) is 25.2. The van der Waals surface area contributed by atoms with E-state index in [-0.39, 0.29) is 18.1 Å². The van der Waals surface area contributed by atoms with Crippen molar-refractivity contribution in [3.8, 4) is 11.4 Å². The third-order valence-electron chi connectivity index (χ3n) is 5.14. The summed E-state index contributed by atoms with van der Waals surface area (Å²) in [5.41, 5.74) is 2.40. The van der Waals surface area contributed by atoms with Crippen molar-refractivity contribution in [2.75, 3.05) is 33.8 Å². The van der Waals surface area contributed by atoms with Crippen LogP contribution in [0.1, 0.15) is 22.0 Å². The molecule has 2 atom stereocenters. The Morgan fingerprint density at radius 1 is 1.34 bits per heavy atom. The van der Waals surface area contributed by atoms with Crippen LogP contribution in [-0.2, 0) is 11.8 Å². The number of benzene rings is 1. The van der Waals surface area contributed by atoms with Crippen LogP contribution < -0.4 is 0 Å². The summed E-state index contributed by atoms with van der Waals surface area (Å²) in [6, 6.07) is 7.37. The lowest BCUT2D eigenvalue weighted by Gasteiger charge is -2.42. The highest BCUT2D eigenvalue weighted by atomic mass is 16.5. The van der Waals surface area contributed by atoms with Crippen molar-refractivity contribution in [3.63, 3.8) is 0 Å². The van der Waals surface area contributed by atoms with Crippen LogP contribution >= 0.6 is 0 Å². The third-order valence-corrected chi connectivity index (χ3v) is 5.14. The van der Waals surface area contributed by atoms with Crippen molar-refractivity contribution in [1.29, 1.82) is 0 Å². The van der Waals surface area contributed by atoms with Gasteiger partial charge in [-0.1, -0.05) is 18.2 Å². The topological polar surface area (TPSA) is 79.3 Å². The number of ether oxygens (including phenoxy) is 1. The zero-order chi connectivity index (χ0) is 20.4. The Morgan fingerprint density at radius 2 is 2.17 bits per heavy atom. The number of hydrogen-bond donors (Lipinski definition) is 1. The van der Waals surface area contributed by atoms with Crippen LogP contribution in [-0.4, -0.2) is 75.4 Å². The van der Waals surface area contributed by atoms with Gasteiger partial charge in [0.1, 0.15) is 5.82 Å². The summed E-state index contributed by atoms with van der Waals surface area (Å²) in [5.74, 6) is 0.655. The zero-order valence-corrected chi connectivity index (χ0v) is 16.9. The number of aryl methyl sites for hydroxylation is 1. The molecule has 4 rings (SSSR count). The number of aromatic amines is 1. The van der Waals surface area contributed by atoms with E-state index in [9.17, 15) is 4.79 Å². The number of nitrogens with zero attached hydrogens (tertiary/aromatic N) is 5. The first kappa shape index (κ1) is 19.4. The number of carbonyl (C=O) groups is 1. The second-order valence-electron chi connectivity index (χ2n) is 7.55. The zero-order valence-electron chi connectivity index (χ0n) is 16.9. The van der Waals surface area contributed by atoms with Gasteiger partial charge in [0.2, 0.25) is 0 Å². The monoisotopic (exact) mass is 394 g/mol. The second-order valence-corrected chi connectivity index (χ2v) is 7.55. The van der Waals surface area contributed by atoms with E-state index in [2.05, 4.69) is 20.0 Å². The van der Waals surface area contributed by atoms with Gasteiger partial charge in [0.05, 0.1) is 30.5 Å². The summed E-state index contributed by atoms with van der Waals surface area (Å²) >= 11 is 0. The SMILES string of the molecule is CN(C)C[C@@H]1OCCN(C(=O)c2ccccc2-c2ncc[nH]2)[C@H]1c1cnn(C)c1. The van der Waals surface area contributed by atoms with E-state index in [0.717, 1.165) is 11.1 Å². The molecule has 3 heterocycles. The normalized spacial score (nSPS) is 19.7. The van der Waals surface area contributed by atoms with Gasteiger partial charge in [-0.3, -0.25) is 9.48 Å². The molecule has 0 spiro atoms. The number of imidazole rings is 1. The van der Waals surface area contributed by atoms with Crippen LogP contribution in [0.3, 0.4) is 0 Å². The molecule has 29 heavy (non-hydrogen) atoms. The molecule has 1 N–H and O–H groups in total. The second kappa shape index (κ2) is 8.18. The lowest BCUT2D eigenvalue weighted by Crippen LogP contribution is -2.51. The van der Waals surface area contributed by atoms with Gasteiger partial charge in [0.25, 0.3) is 5.91 Å². The van der Waals surface area contributed by atoms with Gasteiger partial charge >= 0.3 is 0 Å². The van der Waals surface area contributed by atoms with Crippen LogP contribution in [0.15, 0.2) is 49.1 Å². The Morgan fingerprint density at radius 3 is 2.86 bits per heavy atom. The molecule has 1 aliphatic heterocycles. The minimum Gasteiger partial charge on any atom is -0.373 e. The highest BCUT2D eigenvalue weighted by Gasteiger charge is 2.38. The fourth-order valence-corrected chi connectivity index (χ4v) is 3.90.